The fourth-order valence-electron chi connectivity index (χ4n) is 0. The van der Waals surface area contributed by atoms with Crippen LogP contribution >= 0.6 is 0 Å². The van der Waals surface area contributed by atoms with E-state index < -0.39 is 59.7 Å². The largest absolute Gasteiger partial charge is 5.00 e. The SMILES string of the molecule is O.O=C([O-])C(=O)[O-].O=C([O-])C(=O)[O-].O=C([O-])C(=O)[O-].O=C([O-])C(=O)[O-].O=C([O-])C(=O)[O-].[V+5].[V+5]. The number of carbonyl (C=O) groups is 10. The molecule has 0 saturated carbocycles. The maximum Gasteiger partial charge on any atom is 5.00 e. The van der Waals surface area contributed by atoms with Crippen molar-refractivity contribution in [3.8, 4) is 0 Å². The average molecular weight is 560 g/mol. The van der Waals surface area contributed by atoms with Crippen molar-refractivity contribution in [2.45, 2.75) is 0 Å². The predicted octanol–water partition coefficient (Wildman–Crippen LogP) is -18.4. The molecule has 0 radical (unpaired) electrons. The summed E-state index contributed by atoms with van der Waals surface area (Å²) in [5, 5.41) is 89.3. The Balaban J connectivity index is -0.0000000386. The van der Waals surface area contributed by atoms with Crippen molar-refractivity contribution in [2.24, 2.45) is 0 Å². The van der Waals surface area contributed by atoms with Crippen LogP contribution in [0.4, 0.5) is 0 Å². The molecule has 33 heavy (non-hydrogen) atoms. The maximum absolute atomic E-state index is 8.93. The third-order valence-electron chi connectivity index (χ3n) is 0.833. The first-order valence-electron chi connectivity index (χ1n) is 5.33. The van der Waals surface area contributed by atoms with E-state index >= 15 is 0 Å². The molecule has 0 aliphatic rings. The van der Waals surface area contributed by atoms with Gasteiger partial charge in [0.2, 0.25) is 0 Å². The van der Waals surface area contributed by atoms with E-state index in [0.29, 0.717) is 0 Å². The summed E-state index contributed by atoms with van der Waals surface area (Å²) in [7, 11) is 0. The van der Waals surface area contributed by atoms with Crippen LogP contribution in [0, 0.1) is 0 Å². The van der Waals surface area contributed by atoms with Gasteiger partial charge in [0.15, 0.2) is 0 Å². The zero-order chi connectivity index (χ0) is 25.8. The van der Waals surface area contributed by atoms with Gasteiger partial charge in [-0.05, 0) is 0 Å². The summed E-state index contributed by atoms with van der Waals surface area (Å²) in [4.78, 5) is 89.3. The van der Waals surface area contributed by atoms with Crippen LogP contribution in [0.5, 0.6) is 0 Å². The van der Waals surface area contributed by atoms with Crippen molar-refractivity contribution in [3.05, 3.63) is 0 Å². The van der Waals surface area contributed by atoms with E-state index in [1.807, 2.05) is 0 Å². The number of rotatable bonds is 0. The Labute approximate surface area is 201 Å². The number of hydrogen-bond acceptors (Lipinski definition) is 20. The van der Waals surface area contributed by atoms with Gasteiger partial charge in [-0.1, -0.05) is 0 Å². The Morgan fingerprint density at radius 1 is 0.242 bits per heavy atom. The molecule has 0 aromatic heterocycles. The quantitative estimate of drug-likeness (QED) is 0.248. The molecule has 0 amide bonds. The maximum atomic E-state index is 8.93. The van der Waals surface area contributed by atoms with Gasteiger partial charge in [-0.15, -0.1) is 0 Å². The molecule has 21 nitrogen and oxygen atoms in total. The molecule has 0 unspecified atom stereocenters. The first-order valence-corrected chi connectivity index (χ1v) is 5.33. The van der Waals surface area contributed by atoms with Gasteiger partial charge in [-0.25, -0.2) is 0 Å². The molecule has 2 N–H and O–H groups in total. The monoisotopic (exact) mass is 560 g/mol. The van der Waals surface area contributed by atoms with E-state index in [1.54, 1.807) is 0 Å². The van der Waals surface area contributed by atoms with E-state index in [0.717, 1.165) is 0 Å². The Morgan fingerprint density at radius 2 is 0.273 bits per heavy atom. The Morgan fingerprint density at radius 3 is 0.273 bits per heavy atom. The molecule has 178 valence electrons. The fourth-order valence-corrected chi connectivity index (χ4v) is 0. The second-order valence-electron chi connectivity index (χ2n) is 2.87. The van der Waals surface area contributed by atoms with Crippen molar-refractivity contribution >= 4 is 59.7 Å². The third kappa shape index (κ3) is 74.1. The summed E-state index contributed by atoms with van der Waals surface area (Å²) in [5.41, 5.74) is 0. The van der Waals surface area contributed by atoms with Crippen LogP contribution in [0.2, 0.25) is 0 Å². The van der Waals surface area contributed by atoms with Gasteiger partial charge in [-0.2, -0.15) is 0 Å². The average Bonchev–Trinajstić information content (AvgIpc) is 2.56. The van der Waals surface area contributed by atoms with Crippen molar-refractivity contribution in [1.82, 2.24) is 0 Å². The van der Waals surface area contributed by atoms with Gasteiger partial charge < -0.3 is 104 Å². The molecule has 0 spiro atoms. The molecule has 0 fully saturated rings. The number of carboxylic acid groups (broad SMARTS) is 10. The minimum absolute atomic E-state index is 0. The Hall–Kier alpha value is -4.17. The fraction of sp³-hybridized carbons (Fsp3) is 0. The Kier molecular flexibility index (Phi) is 46.8. The first kappa shape index (κ1) is 51.5. The number of carboxylic acids is 10. The molecule has 0 aromatic rings. The van der Waals surface area contributed by atoms with Crippen LogP contribution in [0.3, 0.4) is 0 Å². The molecular weight excluding hydrogens is 558 g/mol. The van der Waals surface area contributed by atoms with Gasteiger partial charge >= 0.3 is 37.1 Å². The van der Waals surface area contributed by atoms with Crippen LogP contribution in [0.15, 0.2) is 0 Å². The molecule has 0 aromatic carbocycles. The molecule has 23 heteroatoms. The first-order chi connectivity index (χ1) is 13.2. The summed E-state index contributed by atoms with van der Waals surface area (Å²) in [6, 6.07) is 0. The summed E-state index contributed by atoms with van der Waals surface area (Å²) >= 11 is 0. The molecule has 0 aliphatic heterocycles. The molecule has 0 aliphatic carbocycles. The minimum atomic E-state index is -2.19. The van der Waals surface area contributed by atoms with E-state index in [4.69, 9.17) is 99.0 Å². The molecular formula is C10H2O21V2. The molecule has 0 atom stereocenters. The second kappa shape index (κ2) is 30.0. The summed E-state index contributed by atoms with van der Waals surface area (Å²) in [6.07, 6.45) is 0. The number of aliphatic carboxylic acids is 10. The minimum Gasteiger partial charge on any atom is -0.543 e. The summed E-state index contributed by atoms with van der Waals surface area (Å²) in [6.45, 7) is 0. The topological polar surface area (TPSA) is 433 Å². The van der Waals surface area contributed by atoms with Gasteiger partial charge in [0.05, 0.1) is 59.7 Å². The molecule has 0 rings (SSSR count). The summed E-state index contributed by atoms with van der Waals surface area (Å²) in [5.74, 6) is -21.9. The van der Waals surface area contributed by atoms with Crippen LogP contribution in [0.25, 0.3) is 0 Å². The molecule has 0 heterocycles. The number of carbonyl (C=O) groups excluding carboxylic acids is 10. The normalized spacial score (nSPS) is 6.67. The van der Waals surface area contributed by atoms with Crippen molar-refractivity contribution < 1.29 is 142 Å². The molecule has 0 bridgehead atoms. The van der Waals surface area contributed by atoms with Crippen molar-refractivity contribution in [3.63, 3.8) is 0 Å². The van der Waals surface area contributed by atoms with E-state index in [2.05, 4.69) is 0 Å². The van der Waals surface area contributed by atoms with Crippen LogP contribution < -0.4 is 51.1 Å². The van der Waals surface area contributed by atoms with Gasteiger partial charge in [-0.3, -0.25) is 0 Å². The summed E-state index contributed by atoms with van der Waals surface area (Å²) < 4.78 is 0. The van der Waals surface area contributed by atoms with E-state index in [-0.39, 0.29) is 42.6 Å². The van der Waals surface area contributed by atoms with Gasteiger partial charge in [0.1, 0.15) is 0 Å². The zero-order valence-corrected chi connectivity index (χ0v) is 17.4. The zero-order valence-electron chi connectivity index (χ0n) is 14.6. The Bertz CT molecular complexity index is 509. The van der Waals surface area contributed by atoms with Gasteiger partial charge in [0, 0.05) is 0 Å². The van der Waals surface area contributed by atoms with E-state index in [1.165, 1.54) is 0 Å². The predicted molar refractivity (Wildman–Crippen MR) is 53.7 cm³/mol. The van der Waals surface area contributed by atoms with Crippen molar-refractivity contribution in [2.75, 3.05) is 0 Å². The third-order valence-corrected chi connectivity index (χ3v) is 0.833. The van der Waals surface area contributed by atoms with E-state index in [9.17, 15) is 0 Å². The van der Waals surface area contributed by atoms with Crippen LogP contribution in [0.1, 0.15) is 0 Å². The van der Waals surface area contributed by atoms with Crippen LogP contribution in [-0.2, 0) is 85.1 Å². The second-order valence-corrected chi connectivity index (χ2v) is 2.87. The van der Waals surface area contributed by atoms with Gasteiger partial charge in [0.25, 0.3) is 0 Å². The van der Waals surface area contributed by atoms with Crippen molar-refractivity contribution in [1.29, 1.82) is 0 Å². The number of hydrogen-bond donors (Lipinski definition) is 0. The standard InChI is InChI=1S/5C2H2O4.H2O.2V/c5*3-1(4)2(5)6;;;/h5*(H,3,4)(H,5,6);1H2;;/q;;;;;;2*+5/p-10. The molecule has 0 saturated heterocycles. The van der Waals surface area contributed by atoms with Crippen LogP contribution in [-0.4, -0.2) is 65.2 Å². The smallest absolute Gasteiger partial charge is 0.543 e.